The van der Waals surface area contributed by atoms with Crippen LogP contribution < -0.4 is 10.6 Å². The molecule has 0 saturated heterocycles. The highest BCUT2D eigenvalue weighted by Gasteiger charge is 2.24. The minimum Gasteiger partial charge on any atom is -0.385 e. The fraction of sp³-hybridized carbons (Fsp3) is 0.524. The molecular formula is C21H31N3O. The van der Waals surface area contributed by atoms with E-state index in [0.717, 1.165) is 29.7 Å². The highest BCUT2D eigenvalue weighted by atomic mass is 16.1. The van der Waals surface area contributed by atoms with E-state index in [0.29, 0.717) is 0 Å². The first-order chi connectivity index (χ1) is 11.5. The zero-order valence-corrected chi connectivity index (χ0v) is 16.6. The molecule has 0 aliphatic rings. The van der Waals surface area contributed by atoms with Gasteiger partial charge in [-0.25, -0.2) is 0 Å². The number of nitrogens with zero attached hydrogens (tertiary/aromatic N) is 1. The summed E-state index contributed by atoms with van der Waals surface area (Å²) in [5.41, 5.74) is 2.86. The van der Waals surface area contributed by atoms with E-state index in [-0.39, 0.29) is 22.4 Å². The van der Waals surface area contributed by atoms with Crippen LogP contribution in [0.2, 0.25) is 0 Å². The third-order valence-corrected chi connectivity index (χ3v) is 3.92. The maximum atomic E-state index is 12.5. The number of carbonyl (C=O) groups excluding carboxylic acids is 1. The lowest BCUT2D eigenvalue weighted by Crippen LogP contribution is -2.39. The van der Waals surface area contributed by atoms with Crippen LogP contribution in [0.4, 0.5) is 5.69 Å². The molecular weight excluding hydrogens is 310 g/mol. The van der Waals surface area contributed by atoms with Gasteiger partial charge in [-0.2, -0.15) is 5.26 Å². The van der Waals surface area contributed by atoms with Crippen molar-refractivity contribution in [3.8, 4) is 6.07 Å². The third-order valence-electron chi connectivity index (χ3n) is 3.92. The smallest absolute Gasteiger partial charge is 0.267 e. The Hall–Kier alpha value is -2.28. The number of nitrogens with one attached hydrogen (secondary N) is 2. The first-order valence-electron chi connectivity index (χ1n) is 8.77. The lowest BCUT2D eigenvalue weighted by molar-refractivity contribution is -0.112. The predicted octanol–water partition coefficient (Wildman–Crippen LogP) is 4.71. The molecule has 136 valence electrons. The predicted molar refractivity (Wildman–Crippen MR) is 104 cm³/mol. The molecule has 4 heteroatoms. The Morgan fingerprint density at radius 3 is 2.40 bits per heavy atom. The van der Waals surface area contributed by atoms with E-state index in [1.165, 1.54) is 6.20 Å². The van der Waals surface area contributed by atoms with Crippen molar-refractivity contribution in [2.75, 3.05) is 5.32 Å². The maximum Gasteiger partial charge on any atom is 0.267 e. The Labute approximate surface area is 152 Å². The van der Waals surface area contributed by atoms with E-state index in [9.17, 15) is 10.1 Å². The number of hydrogen-bond acceptors (Lipinski definition) is 3. The number of anilines is 1. The molecule has 0 radical (unpaired) electrons. The first kappa shape index (κ1) is 20.8. The molecule has 4 nitrogen and oxygen atoms in total. The van der Waals surface area contributed by atoms with Crippen LogP contribution in [0.25, 0.3) is 0 Å². The molecule has 1 aromatic carbocycles. The Bertz CT molecular complexity index is 688. The normalized spacial score (nSPS) is 12.5. The van der Waals surface area contributed by atoms with Crippen LogP contribution in [0.1, 0.15) is 59.1 Å². The minimum absolute atomic E-state index is 0.0762. The summed E-state index contributed by atoms with van der Waals surface area (Å²) in [6.07, 6.45) is 3.26. The molecule has 1 aromatic rings. The molecule has 0 saturated carbocycles. The number of hydrogen-bond donors (Lipinski definition) is 2. The van der Waals surface area contributed by atoms with Crippen LogP contribution in [0.5, 0.6) is 0 Å². The third kappa shape index (κ3) is 6.62. The number of benzene rings is 1. The van der Waals surface area contributed by atoms with Crippen molar-refractivity contribution in [2.45, 2.75) is 66.8 Å². The Morgan fingerprint density at radius 1 is 1.24 bits per heavy atom. The topological polar surface area (TPSA) is 64.9 Å². The van der Waals surface area contributed by atoms with Crippen LogP contribution >= 0.6 is 0 Å². The van der Waals surface area contributed by atoms with Gasteiger partial charge in [0.1, 0.15) is 11.6 Å². The second-order valence-electron chi connectivity index (χ2n) is 8.35. The van der Waals surface area contributed by atoms with Crippen molar-refractivity contribution in [1.29, 1.82) is 5.26 Å². The average Bonchev–Trinajstić information content (AvgIpc) is 2.47. The van der Waals surface area contributed by atoms with Crippen molar-refractivity contribution in [1.82, 2.24) is 5.32 Å². The van der Waals surface area contributed by atoms with Crippen LogP contribution in [0.15, 0.2) is 30.0 Å². The Kier molecular flexibility index (Phi) is 6.81. The maximum absolute atomic E-state index is 12.5. The second-order valence-corrected chi connectivity index (χ2v) is 8.35. The largest absolute Gasteiger partial charge is 0.385 e. The van der Waals surface area contributed by atoms with Crippen LogP contribution in [-0.2, 0) is 11.2 Å². The fourth-order valence-corrected chi connectivity index (χ4v) is 3.18. The molecule has 0 unspecified atom stereocenters. The number of nitriles is 1. The zero-order valence-electron chi connectivity index (χ0n) is 16.6. The summed E-state index contributed by atoms with van der Waals surface area (Å²) in [5, 5.41) is 15.5. The van der Waals surface area contributed by atoms with Gasteiger partial charge in [-0.05, 0) is 50.2 Å². The number of carbonyl (C=O) groups is 1. The number of aryl methyl sites for hydroxylation is 2. The summed E-state index contributed by atoms with van der Waals surface area (Å²) in [7, 11) is 0. The second kappa shape index (κ2) is 8.20. The number of rotatable bonds is 6. The molecule has 0 aromatic heterocycles. The highest BCUT2D eigenvalue weighted by molar-refractivity contribution is 6.07. The molecule has 0 fully saturated rings. The summed E-state index contributed by atoms with van der Waals surface area (Å²) in [4.78, 5) is 12.5. The molecule has 25 heavy (non-hydrogen) atoms. The Balaban J connectivity index is 2.94. The van der Waals surface area contributed by atoms with Gasteiger partial charge < -0.3 is 10.6 Å². The molecule has 1 rings (SSSR count). The van der Waals surface area contributed by atoms with Gasteiger partial charge in [0, 0.05) is 17.4 Å². The Morgan fingerprint density at radius 2 is 1.88 bits per heavy atom. The summed E-state index contributed by atoms with van der Waals surface area (Å²) < 4.78 is 0. The number of para-hydroxylation sites is 1. The molecule has 1 amide bonds. The van der Waals surface area contributed by atoms with E-state index < -0.39 is 0 Å². The van der Waals surface area contributed by atoms with Crippen molar-refractivity contribution in [2.24, 2.45) is 5.41 Å². The highest BCUT2D eigenvalue weighted by Crippen LogP contribution is 2.27. The van der Waals surface area contributed by atoms with Crippen LogP contribution in [0, 0.1) is 23.7 Å². The monoisotopic (exact) mass is 341 g/mol. The lowest BCUT2D eigenvalue weighted by atomic mass is 9.82. The van der Waals surface area contributed by atoms with Crippen molar-refractivity contribution >= 4 is 11.6 Å². The molecule has 0 atom stereocenters. The van der Waals surface area contributed by atoms with E-state index in [1.807, 2.05) is 38.1 Å². The summed E-state index contributed by atoms with van der Waals surface area (Å²) in [6, 6.07) is 7.92. The van der Waals surface area contributed by atoms with Gasteiger partial charge in [0.15, 0.2) is 0 Å². The first-order valence-corrected chi connectivity index (χ1v) is 8.77. The molecule has 0 aliphatic carbocycles. The molecule has 0 bridgehead atoms. The van der Waals surface area contributed by atoms with E-state index in [2.05, 4.69) is 45.3 Å². The van der Waals surface area contributed by atoms with Gasteiger partial charge in [-0.15, -0.1) is 0 Å². The van der Waals surface area contributed by atoms with Crippen molar-refractivity contribution in [3.05, 3.63) is 41.1 Å². The molecule has 0 heterocycles. The summed E-state index contributed by atoms with van der Waals surface area (Å²) in [5.74, 6) is -0.384. The minimum atomic E-state index is -0.384. The molecule has 2 N–H and O–H groups in total. The van der Waals surface area contributed by atoms with Gasteiger partial charge in [-0.1, -0.05) is 45.9 Å². The number of amides is 1. The standard InChI is InChI=1S/C21H31N3O/c1-8-16-11-9-10-15(2)18(16)24-19(25)17(12-22)13-23-21(6,7)14-20(3,4)5/h9-11,13,23H,8,14H2,1-7H3,(H,24,25)/b17-13-. The van der Waals surface area contributed by atoms with Crippen LogP contribution in [-0.4, -0.2) is 11.4 Å². The van der Waals surface area contributed by atoms with Gasteiger partial charge in [-0.3, -0.25) is 4.79 Å². The zero-order chi connectivity index (χ0) is 19.3. The SMILES string of the molecule is CCc1cccc(C)c1NC(=O)/C(C#N)=C\NC(C)(C)CC(C)(C)C. The summed E-state index contributed by atoms with van der Waals surface area (Å²) in [6.45, 7) is 14.6. The van der Waals surface area contributed by atoms with Crippen LogP contribution in [0.3, 0.4) is 0 Å². The van der Waals surface area contributed by atoms with E-state index in [1.54, 1.807) is 0 Å². The fourth-order valence-electron chi connectivity index (χ4n) is 3.18. The quantitative estimate of drug-likeness (QED) is 0.582. The van der Waals surface area contributed by atoms with Gasteiger partial charge in [0.2, 0.25) is 0 Å². The van der Waals surface area contributed by atoms with Gasteiger partial charge in [0.25, 0.3) is 5.91 Å². The summed E-state index contributed by atoms with van der Waals surface area (Å²) >= 11 is 0. The van der Waals surface area contributed by atoms with Crippen molar-refractivity contribution < 1.29 is 4.79 Å². The molecule has 0 aliphatic heterocycles. The molecule has 0 spiro atoms. The van der Waals surface area contributed by atoms with E-state index >= 15 is 0 Å². The van der Waals surface area contributed by atoms with Crippen molar-refractivity contribution in [3.63, 3.8) is 0 Å². The lowest BCUT2D eigenvalue weighted by Gasteiger charge is -2.33. The van der Waals surface area contributed by atoms with Gasteiger partial charge >= 0.3 is 0 Å². The van der Waals surface area contributed by atoms with Gasteiger partial charge in [0.05, 0.1) is 0 Å². The average molecular weight is 341 g/mol. The van der Waals surface area contributed by atoms with E-state index in [4.69, 9.17) is 0 Å².